The molecule has 11 heteroatoms. The van der Waals surface area contributed by atoms with Gasteiger partial charge in [0.2, 0.25) is 0 Å². The van der Waals surface area contributed by atoms with Gasteiger partial charge in [0, 0.05) is 39.2 Å². The standard InChI is InChI=1S/C26H54BN2O6PS/c1-4-5-6-7-8-9-10-11-12-13-14-15-16-19-28-26(30)29-20-17-18-22-24(35-36(31,37)33-3)23(21-32-2)34-25(22)27/h22-25H,4-21,27H2,1-3H3,(H,31,37)(H2,28,29,30)/t22?,23-,24-,25-,36?/m1/s1. The van der Waals surface area contributed by atoms with Gasteiger partial charge in [-0.2, -0.15) is 0 Å². The fraction of sp³-hybridized carbons (Fsp3) is 0.962. The molecule has 218 valence electrons. The number of hydrogen-bond donors (Lipinski definition) is 3. The van der Waals surface area contributed by atoms with Gasteiger partial charge in [0.05, 0.1) is 6.61 Å². The molecule has 0 spiro atoms. The Bertz CT molecular complexity index is 636. The zero-order chi connectivity index (χ0) is 27.4. The van der Waals surface area contributed by atoms with E-state index in [-0.39, 0.29) is 24.1 Å². The summed E-state index contributed by atoms with van der Waals surface area (Å²) in [5, 5.41) is 5.89. The van der Waals surface area contributed by atoms with Crippen LogP contribution in [-0.2, 0) is 30.3 Å². The van der Waals surface area contributed by atoms with Crippen LogP contribution in [0.15, 0.2) is 0 Å². The van der Waals surface area contributed by atoms with E-state index in [9.17, 15) is 9.69 Å². The van der Waals surface area contributed by atoms with Crippen LogP contribution in [0.2, 0.25) is 0 Å². The second-order valence-corrected chi connectivity index (χ2v) is 13.2. The Labute approximate surface area is 232 Å². The second kappa shape index (κ2) is 21.6. The number of ether oxygens (including phenoxy) is 2. The van der Waals surface area contributed by atoms with Crippen LogP contribution < -0.4 is 10.6 Å². The van der Waals surface area contributed by atoms with Crippen LogP contribution >= 0.6 is 6.72 Å². The highest BCUT2D eigenvalue weighted by molar-refractivity contribution is 8.07. The number of carbonyl (C=O) groups is 1. The van der Waals surface area contributed by atoms with Crippen LogP contribution in [0.3, 0.4) is 0 Å². The highest BCUT2D eigenvalue weighted by Gasteiger charge is 2.44. The molecule has 0 aromatic rings. The van der Waals surface area contributed by atoms with E-state index in [4.69, 9.17) is 30.3 Å². The summed E-state index contributed by atoms with van der Waals surface area (Å²) in [6.45, 7) is 0.573. The van der Waals surface area contributed by atoms with E-state index in [1.54, 1.807) is 7.11 Å². The van der Waals surface area contributed by atoms with Gasteiger partial charge < -0.3 is 34.0 Å². The van der Waals surface area contributed by atoms with Crippen molar-refractivity contribution in [1.82, 2.24) is 10.6 Å². The van der Waals surface area contributed by atoms with E-state index in [0.717, 1.165) is 19.3 Å². The molecular weight excluding hydrogens is 510 g/mol. The maximum atomic E-state index is 12.1. The number of hydrogen-bond acceptors (Lipinski definition) is 6. The zero-order valence-electron chi connectivity index (χ0n) is 23.9. The molecule has 8 nitrogen and oxygen atoms in total. The number of unbranched alkanes of at least 4 members (excludes halogenated alkanes) is 12. The Morgan fingerprint density at radius 1 is 0.919 bits per heavy atom. The first kappa shape index (κ1) is 34.8. The minimum absolute atomic E-state index is 0.0282. The molecule has 37 heavy (non-hydrogen) atoms. The highest BCUT2D eigenvalue weighted by Crippen LogP contribution is 2.48. The first-order chi connectivity index (χ1) is 17.8. The van der Waals surface area contributed by atoms with Crippen molar-refractivity contribution in [2.45, 2.75) is 121 Å². The Hall–Kier alpha value is -0.215. The first-order valence-electron chi connectivity index (χ1n) is 14.6. The molecule has 0 radical (unpaired) electrons. The summed E-state index contributed by atoms with van der Waals surface area (Å²) < 4.78 is 22.0. The quantitative estimate of drug-likeness (QED) is 0.0910. The van der Waals surface area contributed by atoms with Crippen LogP contribution in [0.5, 0.6) is 0 Å². The lowest BCUT2D eigenvalue weighted by molar-refractivity contribution is -0.0147. The normalized spacial score (nSPS) is 23.1. The topological polar surface area (TPSA) is 98.3 Å². The molecular formula is C26H54BN2O6PS. The monoisotopic (exact) mass is 564 g/mol. The molecule has 0 bridgehead atoms. The summed E-state index contributed by atoms with van der Waals surface area (Å²) in [7, 11) is 4.94. The summed E-state index contributed by atoms with van der Waals surface area (Å²) in [6.07, 6.45) is 18.0. The van der Waals surface area contributed by atoms with Gasteiger partial charge in [-0.3, -0.25) is 0 Å². The third-order valence-electron chi connectivity index (χ3n) is 7.16. The van der Waals surface area contributed by atoms with E-state index in [0.29, 0.717) is 19.7 Å². The van der Waals surface area contributed by atoms with Crippen LogP contribution in [-0.4, -0.2) is 70.9 Å². The number of nitrogens with one attached hydrogen (secondary N) is 2. The lowest BCUT2D eigenvalue weighted by atomic mass is 9.82. The average molecular weight is 565 g/mol. The Morgan fingerprint density at radius 2 is 1.43 bits per heavy atom. The van der Waals surface area contributed by atoms with Crippen LogP contribution in [0.4, 0.5) is 4.79 Å². The predicted molar refractivity (Wildman–Crippen MR) is 157 cm³/mol. The molecule has 2 amide bonds. The Morgan fingerprint density at radius 3 is 1.95 bits per heavy atom. The van der Waals surface area contributed by atoms with Gasteiger partial charge in [0.1, 0.15) is 20.1 Å². The Kier molecular flexibility index (Phi) is 20.3. The second-order valence-electron chi connectivity index (χ2n) is 10.3. The van der Waals surface area contributed by atoms with Crippen molar-refractivity contribution in [3.63, 3.8) is 0 Å². The molecule has 1 rings (SSSR count). The maximum Gasteiger partial charge on any atom is 0.324 e. The number of carbonyl (C=O) groups excluding carboxylic acids is 1. The molecule has 1 aliphatic heterocycles. The lowest BCUT2D eigenvalue weighted by Crippen LogP contribution is -2.37. The van der Waals surface area contributed by atoms with Gasteiger partial charge in [-0.05, 0) is 31.1 Å². The van der Waals surface area contributed by atoms with Crippen molar-refractivity contribution >= 4 is 32.4 Å². The van der Waals surface area contributed by atoms with E-state index in [1.165, 1.54) is 84.2 Å². The molecule has 1 saturated heterocycles. The zero-order valence-corrected chi connectivity index (χ0v) is 25.6. The molecule has 5 atom stereocenters. The molecule has 2 unspecified atom stereocenters. The summed E-state index contributed by atoms with van der Waals surface area (Å²) in [5.74, 6) is 0.0282. The highest BCUT2D eigenvalue weighted by atomic mass is 32.5. The molecule has 0 aliphatic carbocycles. The molecule has 0 saturated carbocycles. The smallest absolute Gasteiger partial charge is 0.324 e. The predicted octanol–water partition coefficient (Wildman–Crippen LogP) is 5.03. The van der Waals surface area contributed by atoms with Crippen molar-refractivity contribution < 1.29 is 28.2 Å². The third-order valence-corrected chi connectivity index (χ3v) is 8.84. The lowest BCUT2D eigenvalue weighted by Gasteiger charge is -2.26. The molecule has 1 heterocycles. The maximum absolute atomic E-state index is 12.1. The number of methoxy groups -OCH3 is 1. The van der Waals surface area contributed by atoms with Crippen LogP contribution in [0.25, 0.3) is 0 Å². The van der Waals surface area contributed by atoms with Crippen LogP contribution in [0, 0.1) is 5.92 Å². The summed E-state index contributed by atoms with van der Waals surface area (Å²) in [5.41, 5.74) is 0. The molecule has 3 N–H and O–H groups in total. The van der Waals surface area contributed by atoms with Crippen molar-refractivity contribution in [3.8, 4) is 0 Å². The SMILES string of the molecule is B[C@@H]1O[C@H](COC)[C@H](OP(O)(=S)OC)C1CCCNC(=O)NCCCCCCCCCCCCCCC. The third kappa shape index (κ3) is 16.5. The first-order valence-corrected chi connectivity index (χ1v) is 17.2. The minimum Gasteiger partial charge on any atom is -0.382 e. The minimum atomic E-state index is -3.32. The van der Waals surface area contributed by atoms with E-state index in [1.807, 2.05) is 7.85 Å². The summed E-state index contributed by atoms with van der Waals surface area (Å²) in [4.78, 5) is 22.3. The fourth-order valence-corrected chi connectivity index (χ4v) is 5.97. The van der Waals surface area contributed by atoms with Crippen molar-refractivity contribution in [3.05, 3.63) is 0 Å². The van der Waals surface area contributed by atoms with Crippen molar-refractivity contribution in [1.29, 1.82) is 0 Å². The summed E-state index contributed by atoms with van der Waals surface area (Å²) >= 11 is 5.05. The Balaban J connectivity index is 2.07. The average Bonchev–Trinajstić information content (AvgIpc) is 3.15. The number of urea groups is 1. The van der Waals surface area contributed by atoms with Crippen molar-refractivity contribution in [2.75, 3.05) is 33.9 Å². The number of rotatable bonds is 23. The molecule has 0 aromatic heterocycles. The van der Waals surface area contributed by atoms with Gasteiger partial charge in [-0.15, -0.1) is 0 Å². The van der Waals surface area contributed by atoms with Gasteiger partial charge in [0.15, 0.2) is 0 Å². The van der Waals surface area contributed by atoms with E-state index in [2.05, 4.69) is 17.6 Å². The molecule has 0 aromatic carbocycles. The molecule has 1 fully saturated rings. The largest absolute Gasteiger partial charge is 0.382 e. The fourth-order valence-electron chi connectivity index (χ4n) is 4.98. The van der Waals surface area contributed by atoms with Crippen molar-refractivity contribution in [2.24, 2.45) is 5.92 Å². The van der Waals surface area contributed by atoms with Gasteiger partial charge in [-0.25, -0.2) is 4.79 Å². The van der Waals surface area contributed by atoms with E-state index < -0.39 is 12.8 Å². The van der Waals surface area contributed by atoms with E-state index >= 15 is 0 Å². The van der Waals surface area contributed by atoms with Crippen LogP contribution in [0.1, 0.15) is 103 Å². The molecule has 1 aliphatic rings. The van der Waals surface area contributed by atoms with Gasteiger partial charge in [-0.1, -0.05) is 84.0 Å². The van der Waals surface area contributed by atoms with Gasteiger partial charge in [0.25, 0.3) is 0 Å². The van der Waals surface area contributed by atoms with Gasteiger partial charge >= 0.3 is 12.7 Å². The number of amides is 2. The summed E-state index contributed by atoms with van der Waals surface area (Å²) in [6, 6.07) is -0.189.